The Bertz CT molecular complexity index is 649. The van der Waals surface area contributed by atoms with Gasteiger partial charge in [-0.05, 0) is 38.0 Å². The summed E-state index contributed by atoms with van der Waals surface area (Å²) in [6.45, 7) is 10.3. The normalized spacial score (nSPS) is 27.4. The lowest BCUT2D eigenvalue weighted by molar-refractivity contribution is -0.125. The molecule has 1 heterocycles. The summed E-state index contributed by atoms with van der Waals surface area (Å²) in [6.07, 6.45) is 7.37. The highest BCUT2D eigenvalue weighted by Crippen LogP contribution is 2.59. The van der Waals surface area contributed by atoms with Crippen molar-refractivity contribution in [1.82, 2.24) is 15.5 Å². The van der Waals surface area contributed by atoms with E-state index in [2.05, 4.69) is 49.2 Å². The monoisotopic (exact) mass is 331 g/mol. The van der Waals surface area contributed by atoms with E-state index in [1.807, 2.05) is 0 Å². The largest absolute Gasteiger partial charge is 0.343 e. The first kappa shape index (κ1) is 17.2. The summed E-state index contributed by atoms with van der Waals surface area (Å²) in [5.74, 6) is 1.67. The first-order valence-corrected chi connectivity index (χ1v) is 9.04. The molecule has 3 rings (SSSR count). The van der Waals surface area contributed by atoms with Gasteiger partial charge >= 0.3 is 0 Å². The van der Waals surface area contributed by atoms with Gasteiger partial charge in [-0.1, -0.05) is 49.9 Å². The minimum atomic E-state index is -0.457. The van der Waals surface area contributed by atoms with Gasteiger partial charge in [0.1, 0.15) is 5.54 Å². The van der Waals surface area contributed by atoms with Crippen LogP contribution in [0, 0.1) is 24.2 Å². The lowest BCUT2D eigenvalue weighted by Crippen LogP contribution is -2.49. The van der Waals surface area contributed by atoms with Crippen LogP contribution in [-0.4, -0.2) is 16.0 Å². The number of allylic oxidation sites excluding steroid dienone is 2. The molecule has 2 saturated carbocycles. The summed E-state index contributed by atoms with van der Waals surface area (Å²) in [6, 6.07) is 0. The Balaban J connectivity index is 1.81. The fraction of sp³-hybridized carbons (Fsp3) is 0.737. The minimum Gasteiger partial charge on any atom is -0.343 e. The van der Waals surface area contributed by atoms with Crippen LogP contribution in [0.25, 0.3) is 0 Å². The molecule has 1 aromatic rings. The van der Waals surface area contributed by atoms with E-state index in [9.17, 15) is 4.79 Å². The van der Waals surface area contributed by atoms with Gasteiger partial charge in [0.25, 0.3) is 0 Å². The zero-order valence-corrected chi connectivity index (χ0v) is 15.5. The van der Waals surface area contributed by atoms with Crippen LogP contribution in [0.15, 0.2) is 16.2 Å². The van der Waals surface area contributed by atoms with Crippen molar-refractivity contribution in [1.29, 1.82) is 0 Å². The van der Waals surface area contributed by atoms with Gasteiger partial charge in [0.05, 0.1) is 5.92 Å². The third-order valence-electron chi connectivity index (χ3n) is 5.73. The molecule has 5 heteroatoms. The van der Waals surface area contributed by atoms with Crippen LogP contribution in [0.2, 0.25) is 0 Å². The number of nitrogens with zero attached hydrogens (tertiary/aromatic N) is 2. The highest BCUT2D eigenvalue weighted by Gasteiger charge is 2.61. The second-order valence-corrected chi connectivity index (χ2v) is 8.34. The Hall–Kier alpha value is -1.65. The maximum Gasteiger partial charge on any atom is 0.225 e. The van der Waals surface area contributed by atoms with Crippen LogP contribution in [0.4, 0.5) is 0 Å². The minimum absolute atomic E-state index is 0.0182. The van der Waals surface area contributed by atoms with E-state index in [4.69, 9.17) is 4.52 Å². The van der Waals surface area contributed by atoms with Crippen molar-refractivity contribution < 1.29 is 9.32 Å². The molecule has 1 aromatic heterocycles. The maximum absolute atomic E-state index is 13.0. The molecular formula is C19H29N3O2. The van der Waals surface area contributed by atoms with Crippen LogP contribution in [-0.2, 0) is 10.3 Å². The van der Waals surface area contributed by atoms with Gasteiger partial charge in [-0.15, -0.1) is 0 Å². The van der Waals surface area contributed by atoms with Gasteiger partial charge in [0.2, 0.25) is 11.8 Å². The van der Waals surface area contributed by atoms with Gasteiger partial charge < -0.3 is 9.84 Å². The van der Waals surface area contributed by atoms with E-state index in [0.717, 1.165) is 25.7 Å². The summed E-state index contributed by atoms with van der Waals surface area (Å²) < 4.78 is 5.19. The highest BCUT2D eigenvalue weighted by atomic mass is 16.5. The number of carbonyl (C=O) groups is 1. The van der Waals surface area contributed by atoms with E-state index in [0.29, 0.717) is 17.6 Å². The smallest absolute Gasteiger partial charge is 0.225 e. The Labute approximate surface area is 144 Å². The van der Waals surface area contributed by atoms with Crippen LogP contribution in [0.5, 0.6) is 0 Å². The van der Waals surface area contributed by atoms with Gasteiger partial charge in [-0.25, -0.2) is 0 Å². The molecule has 132 valence electrons. The molecule has 0 radical (unpaired) electrons. The second-order valence-electron chi connectivity index (χ2n) is 8.34. The molecule has 2 aliphatic rings. The van der Waals surface area contributed by atoms with Crippen LogP contribution < -0.4 is 5.32 Å². The fourth-order valence-corrected chi connectivity index (χ4v) is 4.22. The summed E-state index contributed by atoms with van der Waals surface area (Å²) in [5.41, 5.74) is 0.829. The number of aryl methyl sites for hydroxylation is 1. The number of rotatable bonds is 4. The fourth-order valence-electron chi connectivity index (χ4n) is 4.22. The van der Waals surface area contributed by atoms with Crippen molar-refractivity contribution >= 4 is 5.91 Å². The first-order chi connectivity index (χ1) is 11.3. The molecule has 2 fully saturated rings. The van der Waals surface area contributed by atoms with E-state index in [-0.39, 0.29) is 17.2 Å². The van der Waals surface area contributed by atoms with Crippen molar-refractivity contribution in [2.45, 2.75) is 72.3 Å². The Morgan fingerprint density at radius 1 is 1.25 bits per heavy atom. The van der Waals surface area contributed by atoms with Gasteiger partial charge in [-0.3, -0.25) is 4.79 Å². The summed E-state index contributed by atoms with van der Waals surface area (Å²) in [4.78, 5) is 17.5. The quantitative estimate of drug-likeness (QED) is 0.850. The molecular weight excluding hydrogens is 302 g/mol. The summed E-state index contributed by atoms with van der Waals surface area (Å²) >= 11 is 0. The highest BCUT2D eigenvalue weighted by molar-refractivity contribution is 5.84. The Morgan fingerprint density at radius 2 is 1.92 bits per heavy atom. The first-order valence-electron chi connectivity index (χ1n) is 9.04. The van der Waals surface area contributed by atoms with Crippen molar-refractivity contribution in [3.8, 4) is 0 Å². The molecule has 5 nitrogen and oxygen atoms in total. The van der Waals surface area contributed by atoms with Crippen LogP contribution >= 0.6 is 0 Å². The Morgan fingerprint density at radius 3 is 2.46 bits per heavy atom. The lowest BCUT2D eigenvalue weighted by Gasteiger charge is -2.35. The average molecular weight is 331 g/mol. The second kappa shape index (κ2) is 6.01. The van der Waals surface area contributed by atoms with Crippen LogP contribution in [0.1, 0.15) is 71.5 Å². The number of nitrogens with one attached hydrogen (secondary N) is 1. The van der Waals surface area contributed by atoms with E-state index in [1.165, 1.54) is 12.0 Å². The number of carbonyl (C=O) groups excluding carboxylic acids is 1. The zero-order valence-electron chi connectivity index (χ0n) is 15.5. The molecule has 0 unspecified atom stereocenters. The van der Waals surface area contributed by atoms with Crippen molar-refractivity contribution in [3.05, 3.63) is 23.4 Å². The molecule has 1 amide bonds. The SMILES string of the molecule is CC(C)=C[C@@H]1[C@@H](C(=O)NC2(c3noc(C)n3)CCCCC2)C1(C)C. The number of hydrogen-bond acceptors (Lipinski definition) is 4. The number of amides is 1. The average Bonchev–Trinajstić information content (AvgIpc) is 2.83. The predicted octanol–water partition coefficient (Wildman–Crippen LogP) is 3.89. The van der Waals surface area contributed by atoms with E-state index in [1.54, 1.807) is 6.92 Å². The van der Waals surface area contributed by atoms with Gasteiger partial charge in [0.15, 0.2) is 5.82 Å². The van der Waals surface area contributed by atoms with E-state index >= 15 is 0 Å². The lowest BCUT2D eigenvalue weighted by atomic mass is 9.80. The molecule has 2 atom stereocenters. The third-order valence-corrected chi connectivity index (χ3v) is 5.73. The zero-order chi connectivity index (χ0) is 17.5. The number of aromatic nitrogens is 2. The van der Waals surface area contributed by atoms with Crippen molar-refractivity contribution in [3.63, 3.8) is 0 Å². The third kappa shape index (κ3) is 3.01. The molecule has 0 saturated heterocycles. The van der Waals surface area contributed by atoms with Crippen molar-refractivity contribution in [2.75, 3.05) is 0 Å². The van der Waals surface area contributed by atoms with Crippen molar-refractivity contribution in [2.24, 2.45) is 17.3 Å². The topological polar surface area (TPSA) is 68.0 Å². The van der Waals surface area contributed by atoms with Gasteiger partial charge in [0, 0.05) is 6.92 Å². The maximum atomic E-state index is 13.0. The predicted molar refractivity (Wildman–Crippen MR) is 92.1 cm³/mol. The van der Waals surface area contributed by atoms with Crippen LogP contribution in [0.3, 0.4) is 0 Å². The molecule has 2 aliphatic carbocycles. The molecule has 1 N–H and O–H groups in total. The van der Waals surface area contributed by atoms with Gasteiger partial charge in [-0.2, -0.15) is 4.98 Å². The molecule has 0 bridgehead atoms. The summed E-state index contributed by atoms with van der Waals surface area (Å²) in [7, 11) is 0. The molecule has 0 aliphatic heterocycles. The Kier molecular flexibility index (Phi) is 4.30. The standard InChI is InChI=1S/C19H29N3O2/c1-12(2)11-14-15(18(14,4)5)16(23)21-19(9-7-6-8-10-19)17-20-13(3)24-22-17/h11,14-15H,6-10H2,1-5H3,(H,21,23)/t14-,15+/m1/s1. The molecule has 24 heavy (non-hydrogen) atoms. The summed E-state index contributed by atoms with van der Waals surface area (Å²) in [5, 5.41) is 7.47. The molecule has 0 spiro atoms. The molecule has 0 aromatic carbocycles. The van der Waals surface area contributed by atoms with E-state index < -0.39 is 5.54 Å². The number of hydrogen-bond donors (Lipinski definition) is 1.